The summed E-state index contributed by atoms with van der Waals surface area (Å²) in [6, 6.07) is 8.45. The predicted molar refractivity (Wildman–Crippen MR) is 96.2 cm³/mol. The first kappa shape index (κ1) is 18.1. The molecule has 6 nitrogen and oxygen atoms in total. The van der Waals surface area contributed by atoms with E-state index in [2.05, 4.69) is 21.9 Å². The summed E-state index contributed by atoms with van der Waals surface area (Å²) in [7, 11) is -2.30. The van der Waals surface area contributed by atoms with Crippen LogP contribution in [0, 0.1) is 6.92 Å². The van der Waals surface area contributed by atoms with Crippen LogP contribution in [0.4, 0.5) is 11.5 Å². The van der Waals surface area contributed by atoms with Crippen molar-refractivity contribution in [1.82, 2.24) is 4.98 Å². The number of methoxy groups -OCH3 is 1. The van der Waals surface area contributed by atoms with Crippen LogP contribution in [0.25, 0.3) is 0 Å². The van der Waals surface area contributed by atoms with Crippen LogP contribution in [-0.2, 0) is 10.0 Å². The largest absolute Gasteiger partial charge is 0.495 e. The summed E-state index contributed by atoms with van der Waals surface area (Å²) in [6.45, 7) is 4.79. The van der Waals surface area contributed by atoms with Gasteiger partial charge in [0.15, 0.2) is 0 Å². The molecule has 0 bridgehead atoms. The number of anilines is 2. The molecule has 1 aromatic carbocycles. The van der Waals surface area contributed by atoms with E-state index >= 15 is 0 Å². The van der Waals surface area contributed by atoms with Gasteiger partial charge in [0.05, 0.1) is 19.0 Å². The Kier molecular flexibility index (Phi) is 6.03. The fourth-order valence-electron chi connectivity index (χ4n) is 2.16. The SMILES string of the molecule is CCCCNc1ccc(NS(=O)(=O)c2cc(C)ccc2OC)cn1. The molecule has 1 aromatic heterocycles. The summed E-state index contributed by atoms with van der Waals surface area (Å²) < 4.78 is 32.9. The van der Waals surface area contributed by atoms with Crippen LogP contribution in [0.5, 0.6) is 5.75 Å². The molecule has 0 saturated heterocycles. The van der Waals surface area contributed by atoms with Gasteiger partial charge in [0, 0.05) is 6.54 Å². The van der Waals surface area contributed by atoms with E-state index in [1.54, 1.807) is 30.3 Å². The van der Waals surface area contributed by atoms with Crippen molar-refractivity contribution in [1.29, 1.82) is 0 Å². The first-order valence-electron chi connectivity index (χ1n) is 7.83. The third kappa shape index (κ3) is 4.61. The van der Waals surface area contributed by atoms with Crippen LogP contribution < -0.4 is 14.8 Å². The number of aromatic nitrogens is 1. The second kappa shape index (κ2) is 8.01. The predicted octanol–water partition coefficient (Wildman–Crippen LogP) is 3.41. The average Bonchev–Trinajstić information content (AvgIpc) is 2.56. The van der Waals surface area contributed by atoms with Gasteiger partial charge in [0.2, 0.25) is 0 Å². The van der Waals surface area contributed by atoms with E-state index in [1.807, 2.05) is 6.92 Å². The molecular formula is C17H23N3O3S. The number of hydrogen-bond donors (Lipinski definition) is 2. The van der Waals surface area contributed by atoms with E-state index in [4.69, 9.17) is 4.74 Å². The molecule has 0 aliphatic heterocycles. The summed E-state index contributed by atoms with van der Waals surface area (Å²) in [5.74, 6) is 1.03. The number of nitrogens with zero attached hydrogens (tertiary/aromatic N) is 1. The normalized spacial score (nSPS) is 11.1. The third-order valence-corrected chi connectivity index (χ3v) is 4.86. The smallest absolute Gasteiger partial charge is 0.265 e. The molecule has 2 N–H and O–H groups in total. The molecule has 0 atom stereocenters. The number of unbranched alkanes of at least 4 members (excludes halogenated alkanes) is 1. The minimum absolute atomic E-state index is 0.107. The van der Waals surface area contributed by atoms with Crippen molar-refractivity contribution in [2.75, 3.05) is 23.7 Å². The van der Waals surface area contributed by atoms with Gasteiger partial charge < -0.3 is 10.1 Å². The highest BCUT2D eigenvalue weighted by Gasteiger charge is 2.20. The molecule has 2 aromatic rings. The first-order valence-corrected chi connectivity index (χ1v) is 9.32. The van der Waals surface area contributed by atoms with Crippen LogP contribution >= 0.6 is 0 Å². The Bertz CT molecular complexity index is 774. The molecule has 0 aliphatic rings. The maximum absolute atomic E-state index is 12.6. The Morgan fingerprint density at radius 1 is 1.21 bits per heavy atom. The van der Waals surface area contributed by atoms with Gasteiger partial charge in [0.1, 0.15) is 16.5 Å². The van der Waals surface area contributed by atoms with Crippen LogP contribution in [0.3, 0.4) is 0 Å². The van der Waals surface area contributed by atoms with E-state index in [1.165, 1.54) is 13.3 Å². The standard InChI is InChI=1S/C17H23N3O3S/c1-4-5-10-18-17-9-7-14(12-19-17)20-24(21,22)16-11-13(2)6-8-15(16)23-3/h6-9,11-12,20H,4-5,10H2,1-3H3,(H,18,19). The third-order valence-electron chi connectivity index (χ3n) is 3.46. The zero-order valence-electron chi connectivity index (χ0n) is 14.2. The lowest BCUT2D eigenvalue weighted by Crippen LogP contribution is -2.14. The van der Waals surface area contributed by atoms with E-state index < -0.39 is 10.0 Å². The zero-order chi connectivity index (χ0) is 17.6. The number of sulfonamides is 1. The van der Waals surface area contributed by atoms with Gasteiger partial charge in [-0.25, -0.2) is 13.4 Å². The Morgan fingerprint density at radius 3 is 2.62 bits per heavy atom. The molecule has 1 heterocycles. The van der Waals surface area contributed by atoms with Gasteiger partial charge in [-0.2, -0.15) is 0 Å². The highest BCUT2D eigenvalue weighted by Crippen LogP contribution is 2.26. The van der Waals surface area contributed by atoms with Crippen molar-refractivity contribution >= 4 is 21.5 Å². The molecule has 0 spiro atoms. The minimum Gasteiger partial charge on any atom is -0.495 e. The lowest BCUT2D eigenvalue weighted by molar-refractivity contribution is 0.402. The van der Waals surface area contributed by atoms with Crippen LogP contribution in [0.15, 0.2) is 41.4 Å². The lowest BCUT2D eigenvalue weighted by atomic mass is 10.2. The number of aryl methyl sites for hydroxylation is 1. The fraction of sp³-hybridized carbons (Fsp3) is 0.353. The molecule has 0 aliphatic carbocycles. The number of pyridine rings is 1. The van der Waals surface area contributed by atoms with Crippen molar-refractivity contribution in [3.05, 3.63) is 42.1 Å². The summed E-state index contributed by atoms with van der Waals surface area (Å²) in [4.78, 5) is 4.33. The van der Waals surface area contributed by atoms with E-state index in [0.717, 1.165) is 30.8 Å². The van der Waals surface area contributed by atoms with E-state index in [-0.39, 0.29) is 4.90 Å². The van der Waals surface area contributed by atoms with Crippen LogP contribution in [0.1, 0.15) is 25.3 Å². The molecule has 130 valence electrons. The van der Waals surface area contributed by atoms with E-state index in [9.17, 15) is 8.42 Å². The second-order valence-corrected chi connectivity index (χ2v) is 7.12. The molecule has 7 heteroatoms. The molecular weight excluding hydrogens is 326 g/mol. The van der Waals surface area contributed by atoms with Crippen molar-refractivity contribution in [3.8, 4) is 5.75 Å². The topological polar surface area (TPSA) is 80.3 Å². The fourth-order valence-corrected chi connectivity index (χ4v) is 3.45. The van der Waals surface area contributed by atoms with Crippen molar-refractivity contribution in [2.45, 2.75) is 31.6 Å². The minimum atomic E-state index is -3.75. The molecule has 0 amide bonds. The average molecular weight is 349 g/mol. The second-order valence-electron chi connectivity index (χ2n) is 5.47. The zero-order valence-corrected chi connectivity index (χ0v) is 15.0. The van der Waals surface area contributed by atoms with Gasteiger partial charge in [-0.3, -0.25) is 4.72 Å². The summed E-state index contributed by atoms with van der Waals surface area (Å²) in [5, 5.41) is 3.18. The summed E-state index contributed by atoms with van der Waals surface area (Å²) >= 11 is 0. The van der Waals surface area contributed by atoms with Gasteiger partial charge >= 0.3 is 0 Å². The highest BCUT2D eigenvalue weighted by atomic mass is 32.2. The molecule has 0 saturated carbocycles. The first-order chi connectivity index (χ1) is 11.5. The van der Waals surface area contributed by atoms with Gasteiger partial charge in [-0.15, -0.1) is 0 Å². The Hall–Kier alpha value is -2.28. The molecule has 2 rings (SSSR count). The van der Waals surface area contributed by atoms with Gasteiger partial charge in [-0.1, -0.05) is 19.4 Å². The monoisotopic (exact) mass is 349 g/mol. The number of rotatable bonds is 8. The maximum Gasteiger partial charge on any atom is 0.265 e. The van der Waals surface area contributed by atoms with Crippen LogP contribution in [0.2, 0.25) is 0 Å². The molecule has 0 radical (unpaired) electrons. The Balaban J connectivity index is 2.16. The van der Waals surface area contributed by atoms with Crippen LogP contribution in [-0.4, -0.2) is 27.1 Å². The van der Waals surface area contributed by atoms with Crippen molar-refractivity contribution < 1.29 is 13.2 Å². The Labute approximate surface area is 143 Å². The lowest BCUT2D eigenvalue weighted by Gasteiger charge is -2.12. The summed E-state index contributed by atoms with van der Waals surface area (Å²) in [6.07, 6.45) is 3.65. The highest BCUT2D eigenvalue weighted by molar-refractivity contribution is 7.92. The van der Waals surface area contributed by atoms with Crippen molar-refractivity contribution in [3.63, 3.8) is 0 Å². The number of hydrogen-bond acceptors (Lipinski definition) is 5. The van der Waals surface area contributed by atoms with E-state index in [0.29, 0.717) is 11.4 Å². The maximum atomic E-state index is 12.6. The number of nitrogens with one attached hydrogen (secondary N) is 2. The summed E-state index contributed by atoms with van der Waals surface area (Å²) in [5.41, 5.74) is 1.24. The number of ether oxygens (including phenoxy) is 1. The number of benzene rings is 1. The molecule has 24 heavy (non-hydrogen) atoms. The molecule has 0 fully saturated rings. The van der Waals surface area contributed by atoms with Gasteiger partial charge in [0.25, 0.3) is 10.0 Å². The quantitative estimate of drug-likeness (QED) is 0.714. The Morgan fingerprint density at radius 2 is 2.00 bits per heavy atom. The molecule has 0 unspecified atom stereocenters. The van der Waals surface area contributed by atoms with Gasteiger partial charge in [-0.05, 0) is 43.2 Å². The van der Waals surface area contributed by atoms with Crippen molar-refractivity contribution in [2.24, 2.45) is 0 Å².